The van der Waals surface area contributed by atoms with Crippen LogP contribution in [0.25, 0.3) is 0 Å². The number of hydrogen-bond donors (Lipinski definition) is 4. The summed E-state index contributed by atoms with van der Waals surface area (Å²) in [6.45, 7) is 7.93. The van der Waals surface area contributed by atoms with Crippen molar-refractivity contribution in [2.24, 2.45) is 41.4 Å². The number of likely N-dealkylation sites (N-methyl/N-ethyl adjacent to an activating group) is 1. The van der Waals surface area contributed by atoms with Gasteiger partial charge in [0.2, 0.25) is 0 Å². The third-order valence-corrected chi connectivity index (χ3v) is 13.0. The minimum absolute atomic E-state index is 0.0260. The molecule has 6 rings (SSSR count). The van der Waals surface area contributed by atoms with Crippen LogP contribution >= 0.6 is 0 Å². The zero-order valence-corrected chi connectivity index (χ0v) is 27.0. The average molecular weight is 612 g/mol. The van der Waals surface area contributed by atoms with Crippen molar-refractivity contribution in [3.8, 4) is 0 Å². The first-order valence-electron chi connectivity index (χ1n) is 18.0. The Labute approximate surface area is 258 Å². The Morgan fingerprint density at radius 3 is 2.21 bits per heavy atom. The number of hydrogen-bond acceptors (Lipinski definition) is 6. The van der Waals surface area contributed by atoms with Gasteiger partial charge in [0.05, 0.1) is 18.4 Å². The van der Waals surface area contributed by atoms with Gasteiger partial charge >= 0.3 is 6.18 Å². The average Bonchev–Trinajstić information content (AvgIpc) is 3.58. The van der Waals surface area contributed by atoms with Gasteiger partial charge in [-0.3, -0.25) is 20.4 Å². The van der Waals surface area contributed by atoms with Gasteiger partial charge in [0.1, 0.15) is 6.04 Å². The van der Waals surface area contributed by atoms with E-state index in [1.165, 1.54) is 57.8 Å². The van der Waals surface area contributed by atoms with Crippen molar-refractivity contribution in [3.05, 3.63) is 0 Å². The Balaban J connectivity index is 1.12. The molecule has 3 saturated heterocycles. The second kappa shape index (κ2) is 13.7. The van der Waals surface area contributed by atoms with Crippen LogP contribution in [0.2, 0.25) is 0 Å². The highest BCUT2D eigenvalue weighted by Crippen LogP contribution is 2.43. The summed E-state index contributed by atoms with van der Waals surface area (Å²) < 4.78 is 40.2. The molecular weight excluding hydrogens is 551 g/mol. The zero-order chi connectivity index (χ0) is 30.3. The lowest BCUT2D eigenvalue weighted by molar-refractivity contribution is -0.150. The summed E-state index contributed by atoms with van der Waals surface area (Å²) in [6, 6.07) is -0.715. The van der Waals surface area contributed by atoms with Crippen LogP contribution in [0.3, 0.4) is 0 Å². The molecule has 4 N–H and O–H groups in total. The molecule has 248 valence electrons. The molecule has 0 spiro atoms. The second-order valence-electron chi connectivity index (χ2n) is 15.9. The minimum Gasteiger partial charge on any atom is -0.392 e. The van der Waals surface area contributed by atoms with E-state index in [2.05, 4.69) is 34.7 Å². The molecule has 3 saturated carbocycles. The number of nitrogens with zero attached hydrogens (tertiary/aromatic N) is 2. The second-order valence-corrected chi connectivity index (χ2v) is 15.9. The summed E-state index contributed by atoms with van der Waals surface area (Å²) in [4.78, 5) is 4.59. The van der Waals surface area contributed by atoms with Crippen molar-refractivity contribution in [2.45, 2.75) is 140 Å². The first kappa shape index (κ1) is 32.5. The molecule has 9 heteroatoms. The van der Waals surface area contributed by atoms with Gasteiger partial charge < -0.3 is 10.4 Å². The van der Waals surface area contributed by atoms with E-state index in [9.17, 15) is 18.3 Å². The van der Waals surface area contributed by atoms with Crippen molar-refractivity contribution in [1.82, 2.24) is 25.8 Å². The number of likely N-dealkylation sites (tertiary alicyclic amines) is 1. The summed E-state index contributed by atoms with van der Waals surface area (Å²) >= 11 is 0. The number of rotatable bonds is 7. The van der Waals surface area contributed by atoms with E-state index >= 15 is 0 Å². The standard InChI is InChI=1S/C34H60F3N5O/c1-21(2)25-11-7-8-12-26(25)32-38-17-28-30(40-32)27(19-42(28)18-22-9-5-4-6-10-22)31(43)23-13-15-24(16-14-23)33-39-29(20-41(33)3)34(35,36)37/h21-33,38-40,43H,4-20H2,1-3H3. The molecule has 9 unspecified atom stereocenters. The van der Waals surface area contributed by atoms with Crippen LogP contribution < -0.4 is 16.0 Å². The Kier molecular flexibility index (Phi) is 10.4. The molecule has 3 heterocycles. The van der Waals surface area contributed by atoms with Crippen LogP contribution in [0.1, 0.15) is 97.3 Å². The quantitative estimate of drug-likeness (QED) is 0.319. The number of fused-ring (bicyclic) bond motifs is 1. The third kappa shape index (κ3) is 7.12. The molecule has 3 aliphatic heterocycles. The number of halogens is 3. The molecule has 6 aliphatic rings. The van der Waals surface area contributed by atoms with Crippen molar-refractivity contribution in [3.63, 3.8) is 0 Å². The fraction of sp³-hybridized carbons (Fsp3) is 1.00. The molecular formula is C34H60F3N5O. The van der Waals surface area contributed by atoms with Gasteiger partial charge in [-0.1, -0.05) is 46.0 Å². The van der Waals surface area contributed by atoms with Crippen LogP contribution in [0.4, 0.5) is 13.2 Å². The molecule has 0 bridgehead atoms. The highest BCUT2D eigenvalue weighted by Gasteiger charge is 2.52. The number of alkyl halides is 3. The summed E-state index contributed by atoms with van der Waals surface area (Å²) in [5.74, 6) is 3.51. The van der Waals surface area contributed by atoms with Gasteiger partial charge in [-0.05, 0) is 93.9 Å². The highest BCUT2D eigenvalue weighted by molar-refractivity contribution is 5.08. The monoisotopic (exact) mass is 611 g/mol. The van der Waals surface area contributed by atoms with Gasteiger partial charge in [-0.15, -0.1) is 0 Å². The maximum atomic E-state index is 13.4. The lowest BCUT2D eigenvalue weighted by atomic mass is 9.71. The Morgan fingerprint density at radius 2 is 1.53 bits per heavy atom. The molecule has 0 aromatic carbocycles. The van der Waals surface area contributed by atoms with Crippen LogP contribution in [0.5, 0.6) is 0 Å². The molecule has 9 atom stereocenters. The van der Waals surface area contributed by atoms with Gasteiger partial charge in [0.25, 0.3) is 0 Å². The predicted molar refractivity (Wildman–Crippen MR) is 165 cm³/mol. The number of nitrogens with one attached hydrogen (secondary N) is 3. The molecule has 0 aromatic heterocycles. The number of aliphatic hydroxyl groups excluding tert-OH is 1. The zero-order valence-electron chi connectivity index (χ0n) is 27.0. The van der Waals surface area contributed by atoms with E-state index in [1.54, 1.807) is 0 Å². The van der Waals surface area contributed by atoms with Crippen molar-refractivity contribution >= 4 is 0 Å². The molecule has 6 nitrogen and oxygen atoms in total. The smallest absolute Gasteiger partial charge is 0.392 e. The van der Waals surface area contributed by atoms with Crippen LogP contribution in [0.15, 0.2) is 0 Å². The first-order valence-corrected chi connectivity index (χ1v) is 18.0. The van der Waals surface area contributed by atoms with E-state index in [0.29, 0.717) is 30.1 Å². The number of aliphatic hydroxyl groups is 1. The normalized spacial score (nSPS) is 43.3. The third-order valence-electron chi connectivity index (χ3n) is 13.0. The van der Waals surface area contributed by atoms with E-state index in [1.807, 2.05) is 11.9 Å². The maximum absolute atomic E-state index is 13.4. The van der Waals surface area contributed by atoms with Crippen molar-refractivity contribution in [2.75, 3.05) is 33.2 Å². The van der Waals surface area contributed by atoms with Crippen molar-refractivity contribution in [1.29, 1.82) is 0 Å². The first-order chi connectivity index (χ1) is 20.6. The summed E-state index contributed by atoms with van der Waals surface area (Å²) in [5.41, 5.74) is 0. The van der Waals surface area contributed by atoms with E-state index in [4.69, 9.17) is 0 Å². The Bertz CT molecular complexity index is 892. The summed E-state index contributed by atoms with van der Waals surface area (Å²) in [5, 5.41) is 23.1. The largest absolute Gasteiger partial charge is 0.405 e. The molecule has 3 aliphatic carbocycles. The molecule has 43 heavy (non-hydrogen) atoms. The fourth-order valence-electron chi connectivity index (χ4n) is 10.6. The van der Waals surface area contributed by atoms with Gasteiger partial charge in [0, 0.05) is 44.2 Å². The van der Waals surface area contributed by atoms with Crippen LogP contribution in [0, 0.1) is 41.4 Å². The predicted octanol–water partition coefficient (Wildman–Crippen LogP) is 5.18. The van der Waals surface area contributed by atoms with E-state index in [0.717, 1.165) is 57.2 Å². The lowest BCUT2D eigenvalue weighted by Gasteiger charge is -2.47. The summed E-state index contributed by atoms with van der Waals surface area (Å²) in [6.07, 6.45) is 11.2. The van der Waals surface area contributed by atoms with E-state index < -0.39 is 12.2 Å². The maximum Gasteiger partial charge on any atom is 0.405 e. The SMILES string of the molecule is CC(C)C1CCCCC1C1NCC2C(N1)C(C(O)C1CCC(C3NC(C(F)(F)F)CN3C)CC1)CN2CC1CCCCC1. The molecule has 0 radical (unpaired) electrons. The Morgan fingerprint density at radius 1 is 0.837 bits per heavy atom. The lowest BCUT2D eigenvalue weighted by Crippen LogP contribution is -2.67. The van der Waals surface area contributed by atoms with E-state index in [-0.39, 0.29) is 36.6 Å². The van der Waals surface area contributed by atoms with Gasteiger partial charge in [-0.2, -0.15) is 13.2 Å². The van der Waals surface area contributed by atoms with Crippen LogP contribution in [-0.4, -0.2) is 90.9 Å². The van der Waals surface area contributed by atoms with Crippen LogP contribution in [-0.2, 0) is 0 Å². The van der Waals surface area contributed by atoms with Crippen molar-refractivity contribution < 1.29 is 18.3 Å². The van der Waals surface area contributed by atoms with Gasteiger partial charge in [-0.25, -0.2) is 0 Å². The highest BCUT2D eigenvalue weighted by atomic mass is 19.4. The topological polar surface area (TPSA) is 62.8 Å². The molecule has 0 amide bonds. The van der Waals surface area contributed by atoms with Gasteiger partial charge in [0.15, 0.2) is 0 Å². The fourth-order valence-corrected chi connectivity index (χ4v) is 10.6. The molecule has 0 aromatic rings. The Hall–Kier alpha value is -0.450. The summed E-state index contributed by atoms with van der Waals surface area (Å²) in [7, 11) is 1.82. The molecule has 6 fully saturated rings. The minimum atomic E-state index is -4.20.